The van der Waals surface area contributed by atoms with E-state index in [1.165, 1.54) is 0 Å². The van der Waals surface area contributed by atoms with Crippen molar-refractivity contribution in [2.45, 2.75) is 25.9 Å². The number of nitrogens with zero attached hydrogens (tertiary/aromatic N) is 1. The zero-order chi connectivity index (χ0) is 13.2. The highest BCUT2D eigenvalue weighted by atomic mass is 35.5. The molecule has 0 aliphatic carbocycles. The highest BCUT2D eigenvalue weighted by Gasteiger charge is 2.31. The Morgan fingerprint density at radius 3 is 2.78 bits per heavy atom. The first-order chi connectivity index (χ1) is 8.50. The van der Waals surface area contributed by atoms with Crippen LogP contribution in [0.25, 0.3) is 0 Å². The van der Waals surface area contributed by atoms with Crippen LogP contribution in [0.4, 0.5) is 0 Å². The molecular formula is C13H18ClNO2S. The van der Waals surface area contributed by atoms with Crippen molar-refractivity contribution < 1.29 is 8.42 Å². The Bertz CT molecular complexity index is 515. The topological polar surface area (TPSA) is 37.4 Å². The molecule has 3 nitrogen and oxygen atoms in total. The van der Waals surface area contributed by atoms with E-state index in [1.807, 2.05) is 24.3 Å². The van der Waals surface area contributed by atoms with Gasteiger partial charge in [0.25, 0.3) is 0 Å². The molecule has 1 aromatic rings. The van der Waals surface area contributed by atoms with Crippen molar-refractivity contribution in [3.63, 3.8) is 0 Å². The van der Waals surface area contributed by atoms with Crippen LogP contribution in [-0.4, -0.2) is 37.4 Å². The molecule has 0 amide bonds. The Kier molecular flexibility index (Phi) is 4.30. The lowest BCUT2D eigenvalue weighted by Crippen LogP contribution is -2.35. The van der Waals surface area contributed by atoms with Crippen molar-refractivity contribution in [3.8, 4) is 0 Å². The van der Waals surface area contributed by atoms with Crippen LogP contribution in [0.2, 0.25) is 5.02 Å². The first kappa shape index (κ1) is 13.8. The van der Waals surface area contributed by atoms with E-state index in [0.717, 1.165) is 30.1 Å². The summed E-state index contributed by atoms with van der Waals surface area (Å²) >= 11 is 5.96. The minimum absolute atomic E-state index is 0.152. The van der Waals surface area contributed by atoms with Gasteiger partial charge < -0.3 is 0 Å². The zero-order valence-electron chi connectivity index (χ0n) is 10.5. The van der Waals surface area contributed by atoms with E-state index in [9.17, 15) is 8.42 Å². The average Bonchev–Trinajstić information content (AvgIpc) is 2.66. The fourth-order valence-corrected chi connectivity index (χ4v) is 4.41. The number of hydrogen-bond acceptors (Lipinski definition) is 3. The lowest BCUT2D eigenvalue weighted by Gasteiger charge is -2.26. The van der Waals surface area contributed by atoms with Gasteiger partial charge in [0.15, 0.2) is 9.84 Å². The molecule has 2 rings (SSSR count). The summed E-state index contributed by atoms with van der Waals surface area (Å²) < 4.78 is 23.0. The van der Waals surface area contributed by atoms with E-state index < -0.39 is 9.84 Å². The summed E-state index contributed by atoms with van der Waals surface area (Å²) in [5.41, 5.74) is 1.13. The summed E-state index contributed by atoms with van der Waals surface area (Å²) in [4.78, 5) is 2.22. The van der Waals surface area contributed by atoms with Crippen molar-refractivity contribution in [2.75, 3.05) is 18.1 Å². The van der Waals surface area contributed by atoms with Gasteiger partial charge in [-0.05, 0) is 30.7 Å². The molecule has 1 aliphatic rings. The third-order valence-electron chi connectivity index (χ3n) is 3.41. The molecule has 5 heteroatoms. The van der Waals surface area contributed by atoms with Gasteiger partial charge in [0.1, 0.15) is 0 Å². The zero-order valence-corrected chi connectivity index (χ0v) is 12.0. The highest BCUT2D eigenvalue weighted by Crippen LogP contribution is 2.20. The molecule has 0 radical (unpaired) electrons. The maximum atomic E-state index is 11.5. The van der Waals surface area contributed by atoms with E-state index >= 15 is 0 Å². The summed E-state index contributed by atoms with van der Waals surface area (Å²) in [5.74, 6) is 0.616. The van der Waals surface area contributed by atoms with Crippen molar-refractivity contribution in [2.24, 2.45) is 0 Å². The SMILES string of the molecule is CCN(Cc1cccc(Cl)c1)[C@@H]1CCS(=O)(=O)C1. The van der Waals surface area contributed by atoms with Gasteiger partial charge in [-0.25, -0.2) is 8.42 Å². The summed E-state index contributed by atoms with van der Waals surface area (Å²) in [6, 6.07) is 7.89. The van der Waals surface area contributed by atoms with Gasteiger partial charge in [0.2, 0.25) is 0 Å². The Morgan fingerprint density at radius 2 is 2.22 bits per heavy atom. The van der Waals surface area contributed by atoms with Gasteiger partial charge in [-0.1, -0.05) is 30.7 Å². The number of halogens is 1. The van der Waals surface area contributed by atoms with Crippen LogP contribution in [0.1, 0.15) is 18.9 Å². The maximum Gasteiger partial charge on any atom is 0.151 e. The summed E-state index contributed by atoms with van der Waals surface area (Å²) in [5, 5.41) is 0.725. The minimum Gasteiger partial charge on any atom is -0.295 e. The molecular weight excluding hydrogens is 270 g/mol. The molecule has 1 fully saturated rings. The molecule has 100 valence electrons. The van der Waals surface area contributed by atoms with Crippen LogP contribution in [0.5, 0.6) is 0 Å². The molecule has 1 aliphatic heterocycles. The van der Waals surface area contributed by atoms with E-state index in [2.05, 4.69) is 11.8 Å². The van der Waals surface area contributed by atoms with Crippen LogP contribution in [0.15, 0.2) is 24.3 Å². The maximum absolute atomic E-state index is 11.5. The normalized spacial score (nSPS) is 22.5. The first-order valence-electron chi connectivity index (χ1n) is 6.19. The van der Waals surface area contributed by atoms with Crippen molar-refractivity contribution >= 4 is 21.4 Å². The highest BCUT2D eigenvalue weighted by molar-refractivity contribution is 7.91. The number of hydrogen-bond donors (Lipinski definition) is 0. The van der Waals surface area contributed by atoms with Crippen molar-refractivity contribution in [3.05, 3.63) is 34.9 Å². The van der Waals surface area contributed by atoms with Crippen LogP contribution < -0.4 is 0 Å². The van der Waals surface area contributed by atoms with Gasteiger partial charge >= 0.3 is 0 Å². The van der Waals surface area contributed by atoms with Gasteiger partial charge in [0, 0.05) is 17.6 Å². The van der Waals surface area contributed by atoms with Gasteiger partial charge in [-0.15, -0.1) is 0 Å². The molecule has 0 unspecified atom stereocenters. The molecule has 18 heavy (non-hydrogen) atoms. The fraction of sp³-hybridized carbons (Fsp3) is 0.538. The Hall–Kier alpha value is -0.580. The molecule has 1 atom stereocenters. The third-order valence-corrected chi connectivity index (χ3v) is 5.39. The fourth-order valence-electron chi connectivity index (χ4n) is 2.43. The minimum atomic E-state index is -2.82. The monoisotopic (exact) mass is 287 g/mol. The lowest BCUT2D eigenvalue weighted by atomic mass is 10.1. The second-order valence-electron chi connectivity index (χ2n) is 4.75. The van der Waals surface area contributed by atoms with Gasteiger partial charge in [-0.3, -0.25) is 4.90 Å². The van der Waals surface area contributed by atoms with Crippen LogP contribution in [0, 0.1) is 0 Å². The van der Waals surface area contributed by atoms with E-state index in [0.29, 0.717) is 11.5 Å². The largest absolute Gasteiger partial charge is 0.295 e. The van der Waals surface area contributed by atoms with Crippen LogP contribution in [-0.2, 0) is 16.4 Å². The standard InChI is InChI=1S/C13H18ClNO2S/c1-2-15(13-6-7-18(16,17)10-13)9-11-4-3-5-12(14)8-11/h3-5,8,13H,2,6-7,9-10H2,1H3/t13-/m1/s1. The van der Waals surface area contributed by atoms with Gasteiger partial charge in [-0.2, -0.15) is 0 Å². The third kappa shape index (κ3) is 3.46. The van der Waals surface area contributed by atoms with Gasteiger partial charge in [0.05, 0.1) is 11.5 Å². The van der Waals surface area contributed by atoms with Crippen LogP contribution in [0.3, 0.4) is 0 Å². The lowest BCUT2D eigenvalue weighted by molar-refractivity contribution is 0.215. The second-order valence-corrected chi connectivity index (χ2v) is 7.42. The Balaban J connectivity index is 2.06. The number of sulfone groups is 1. The van der Waals surface area contributed by atoms with Crippen molar-refractivity contribution in [1.29, 1.82) is 0 Å². The van der Waals surface area contributed by atoms with Crippen LogP contribution >= 0.6 is 11.6 Å². The Labute approximate surface area is 114 Å². The van der Waals surface area contributed by atoms with E-state index in [4.69, 9.17) is 11.6 Å². The number of rotatable bonds is 4. The first-order valence-corrected chi connectivity index (χ1v) is 8.39. The van der Waals surface area contributed by atoms with E-state index in [1.54, 1.807) is 0 Å². The molecule has 1 saturated heterocycles. The number of benzene rings is 1. The molecule has 0 saturated carbocycles. The van der Waals surface area contributed by atoms with Crippen molar-refractivity contribution in [1.82, 2.24) is 4.90 Å². The Morgan fingerprint density at radius 1 is 1.44 bits per heavy atom. The quantitative estimate of drug-likeness (QED) is 0.853. The van der Waals surface area contributed by atoms with E-state index in [-0.39, 0.29) is 6.04 Å². The summed E-state index contributed by atoms with van der Waals surface area (Å²) in [6.07, 6.45) is 0.747. The summed E-state index contributed by atoms with van der Waals surface area (Å²) in [6.45, 7) is 3.68. The smallest absolute Gasteiger partial charge is 0.151 e. The predicted molar refractivity (Wildman–Crippen MR) is 74.6 cm³/mol. The molecule has 0 aromatic heterocycles. The average molecular weight is 288 g/mol. The summed E-state index contributed by atoms with van der Waals surface area (Å²) in [7, 11) is -2.82. The molecule has 0 bridgehead atoms. The molecule has 0 spiro atoms. The molecule has 1 aromatic carbocycles. The molecule has 0 N–H and O–H groups in total. The predicted octanol–water partition coefficient (Wildman–Crippen LogP) is 2.35. The molecule has 1 heterocycles. The second kappa shape index (κ2) is 5.59.